The minimum atomic E-state index is -0.320. The predicted molar refractivity (Wildman–Crippen MR) is 63.0 cm³/mol. The van der Waals surface area contributed by atoms with Crippen LogP contribution in [0, 0.1) is 5.82 Å². The number of rotatable bonds is 3. The van der Waals surface area contributed by atoms with Gasteiger partial charge < -0.3 is 11.1 Å². The van der Waals surface area contributed by atoms with Crippen molar-refractivity contribution in [1.29, 1.82) is 0 Å². The molecular formula is C11H11FN4O. The van der Waals surface area contributed by atoms with Crippen LogP contribution >= 0.6 is 0 Å². The van der Waals surface area contributed by atoms with Crippen molar-refractivity contribution in [2.75, 3.05) is 11.1 Å². The number of H-pyrrole nitrogens is 1. The largest absolute Gasteiger partial charge is 0.369 e. The van der Waals surface area contributed by atoms with Crippen molar-refractivity contribution >= 4 is 11.8 Å². The van der Waals surface area contributed by atoms with Gasteiger partial charge in [-0.2, -0.15) is 4.98 Å². The topological polar surface area (TPSA) is 83.8 Å². The van der Waals surface area contributed by atoms with E-state index < -0.39 is 0 Å². The fraction of sp³-hybridized carbons (Fsp3) is 0.0909. The van der Waals surface area contributed by atoms with Crippen LogP contribution in [-0.2, 0) is 6.54 Å². The third-order valence-corrected chi connectivity index (χ3v) is 2.15. The van der Waals surface area contributed by atoms with E-state index in [0.29, 0.717) is 12.4 Å². The number of aromatic nitrogens is 2. The molecule has 88 valence electrons. The van der Waals surface area contributed by atoms with Crippen molar-refractivity contribution in [3.05, 3.63) is 52.1 Å². The maximum atomic E-state index is 12.7. The van der Waals surface area contributed by atoms with Crippen molar-refractivity contribution in [3.8, 4) is 0 Å². The quantitative estimate of drug-likeness (QED) is 0.742. The van der Waals surface area contributed by atoms with Crippen LogP contribution in [0.1, 0.15) is 5.56 Å². The van der Waals surface area contributed by atoms with E-state index in [1.165, 1.54) is 18.2 Å². The van der Waals surface area contributed by atoms with Gasteiger partial charge >= 0.3 is 0 Å². The lowest BCUT2D eigenvalue weighted by Gasteiger charge is -2.05. The summed E-state index contributed by atoms with van der Waals surface area (Å²) in [4.78, 5) is 17.3. The first-order chi connectivity index (χ1) is 8.13. The minimum Gasteiger partial charge on any atom is -0.369 e. The number of hydrogen-bond donors (Lipinski definition) is 3. The molecule has 0 fully saturated rings. The first-order valence-electron chi connectivity index (χ1n) is 4.98. The SMILES string of the molecule is Nc1nc(NCc2ccc(F)cc2)cc(=O)[nH]1. The van der Waals surface area contributed by atoms with Crippen molar-refractivity contribution < 1.29 is 4.39 Å². The summed E-state index contributed by atoms with van der Waals surface area (Å²) in [5.74, 6) is 0.155. The number of nitrogens with one attached hydrogen (secondary N) is 2. The fourth-order valence-electron chi connectivity index (χ4n) is 1.36. The fourth-order valence-corrected chi connectivity index (χ4v) is 1.36. The van der Waals surface area contributed by atoms with E-state index in [1.54, 1.807) is 12.1 Å². The maximum absolute atomic E-state index is 12.7. The molecule has 5 nitrogen and oxygen atoms in total. The molecule has 1 aromatic heterocycles. The van der Waals surface area contributed by atoms with E-state index in [0.717, 1.165) is 5.56 Å². The molecule has 1 aromatic carbocycles. The Morgan fingerprint density at radius 1 is 1.35 bits per heavy atom. The molecule has 0 amide bonds. The highest BCUT2D eigenvalue weighted by atomic mass is 19.1. The summed E-state index contributed by atoms with van der Waals surface area (Å²) >= 11 is 0. The Morgan fingerprint density at radius 3 is 2.71 bits per heavy atom. The summed E-state index contributed by atoms with van der Waals surface area (Å²) < 4.78 is 12.7. The molecule has 0 saturated carbocycles. The van der Waals surface area contributed by atoms with Gasteiger partial charge in [0.05, 0.1) is 0 Å². The van der Waals surface area contributed by atoms with Crippen LogP contribution in [0.25, 0.3) is 0 Å². The Balaban J connectivity index is 2.07. The number of nitrogens with two attached hydrogens (primary N) is 1. The Morgan fingerprint density at radius 2 is 2.06 bits per heavy atom. The zero-order chi connectivity index (χ0) is 12.3. The monoisotopic (exact) mass is 234 g/mol. The second-order valence-corrected chi connectivity index (χ2v) is 3.50. The third kappa shape index (κ3) is 3.04. The highest BCUT2D eigenvalue weighted by molar-refractivity contribution is 5.38. The smallest absolute Gasteiger partial charge is 0.254 e. The standard InChI is InChI=1S/C11H11FN4O/c12-8-3-1-7(2-4-8)6-14-9-5-10(17)16-11(13)15-9/h1-5H,6H2,(H4,13,14,15,16,17). The number of halogens is 1. The van der Waals surface area contributed by atoms with Gasteiger partial charge in [-0.25, -0.2) is 4.39 Å². The van der Waals surface area contributed by atoms with Gasteiger partial charge in [0.25, 0.3) is 5.56 Å². The van der Waals surface area contributed by atoms with E-state index in [9.17, 15) is 9.18 Å². The van der Waals surface area contributed by atoms with Crippen molar-refractivity contribution in [2.24, 2.45) is 0 Å². The summed E-state index contributed by atoms with van der Waals surface area (Å²) in [6.45, 7) is 0.441. The highest BCUT2D eigenvalue weighted by Crippen LogP contribution is 2.06. The van der Waals surface area contributed by atoms with E-state index in [4.69, 9.17) is 5.73 Å². The van der Waals surface area contributed by atoms with Crippen LogP contribution < -0.4 is 16.6 Å². The van der Waals surface area contributed by atoms with Gasteiger partial charge in [0.15, 0.2) is 0 Å². The molecule has 0 aliphatic heterocycles. The van der Waals surface area contributed by atoms with Crippen molar-refractivity contribution in [2.45, 2.75) is 6.54 Å². The second-order valence-electron chi connectivity index (χ2n) is 3.50. The number of hydrogen-bond acceptors (Lipinski definition) is 4. The molecule has 0 aliphatic rings. The van der Waals surface area contributed by atoms with Gasteiger partial charge in [0.1, 0.15) is 11.6 Å². The lowest BCUT2D eigenvalue weighted by molar-refractivity contribution is 0.627. The molecule has 4 N–H and O–H groups in total. The van der Waals surface area contributed by atoms with Crippen molar-refractivity contribution in [3.63, 3.8) is 0 Å². The van der Waals surface area contributed by atoms with Gasteiger partial charge in [-0.3, -0.25) is 9.78 Å². The van der Waals surface area contributed by atoms with Crippen LogP contribution in [0.15, 0.2) is 35.1 Å². The van der Waals surface area contributed by atoms with Gasteiger partial charge in [-0.1, -0.05) is 12.1 Å². The number of aromatic amines is 1. The molecule has 0 radical (unpaired) electrons. The zero-order valence-electron chi connectivity index (χ0n) is 8.90. The predicted octanol–water partition coefficient (Wildman–Crippen LogP) is 1.10. The van der Waals surface area contributed by atoms with Gasteiger partial charge in [-0.05, 0) is 17.7 Å². The molecule has 2 rings (SSSR count). The molecule has 6 heteroatoms. The lowest BCUT2D eigenvalue weighted by atomic mass is 10.2. The number of anilines is 2. The molecule has 0 bridgehead atoms. The second kappa shape index (κ2) is 4.65. The number of nitrogen functional groups attached to an aromatic ring is 1. The molecule has 0 spiro atoms. The zero-order valence-corrected chi connectivity index (χ0v) is 8.90. The Kier molecular flexibility index (Phi) is 3.04. The minimum absolute atomic E-state index is 0.0547. The maximum Gasteiger partial charge on any atom is 0.254 e. The normalized spacial score (nSPS) is 10.2. The van der Waals surface area contributed by atoms with Gasteiger partial charge in [0.2, 0.25) is 5.95 Å². The molecule has 17 heavy (non-hydrogen) atoms. The van der Waals surface area contributed by atoms with Gasteiger partial charge in [0, 0.05) is 12.6 Å². The van der Waals surface area contributed by atoms with E-state index in [-0.39, 0.29) is 17.3 Å². The van der Waals surface area contributed by atoms with Crippen molar-refractivity contribution in [1.82, 2.24) is 9.97 Å². The summed E-state index contributed by atoms with van der Waals surface area (Å²) in [5.41, 5.74) is 5.95. The molecule has 0 atom stereocenters. The summed E-state index contributed by atoms with van der Waals surface area (Å²) in [5, 5.41) is 2.93. The Hall–Kier alpha value is -2.37. The number of nitrogens with zero attached hydrogens (tertiary/aromatic N) is 1. The Labute approximate surface area is 96.5 Å². The highest BCUT2D eigenvalue weighted by Gasteiger charge is 1.98. The summed E-state index contributed by atoms with van der Waals surface area (Å²) in [6.07, 6.45) is 0. The first-order valence-corrected chi connectivity index (χ1v) is 4.98. The summed E-state index contributed by atoms with van der Waals surface area (Å²) in [7, 11) is 0. The molecule has 0 aliphatic carbocycles. The molecular weight excluding hydrogens is 223 g/mol. The number of benzene rings is 1. The molecule has 1 heterocycles. The third-order valence-electron chi connectivity index (χ3n) is 2.15. The first kappa shape index (κ1) is 11.1. The molecule has 0 saturated heterocycles. The lowest BCUT2D eigenvalue weighted by Crippen LogP contribution is -2.12. The van der Waals surface area contributed by atoms with E-state index in [2.05, 4.69) is 15.3 Å². The van der Waals surface area contributed by atoms with Crippen LogP contribution in [0.2, 0.25) is 0 Å². The molecule has 0 unspecified atom stereocenters. The van der Waals surface area contributed by atoms with Crippen LogP contribution in [0.3, 0.4) is 0 Å². The van der Waals surface area contributed by atoms with E-state index >= 15 is 0 Å². The summed E-state index contributed by atoms with van der Waals surface area (Å²) in [6, 6.07) is 7.35. The average Bonchev–Trinajstić information content (AvgIpc) is 2.27. The molecule has 2 aromatic rings. The van der Waals surface area contributed by atoms with E-state index in [1.807, 2.05) is 0 Å². The van der Waals surface area contributed by atoms with Crippen LogP contribution in [0.5, 0.6) is 0 Å². The Bertz CT molecular complexity index is 564. The van der Waals surface area contributed by atoms with Gasteiger partial charge in [-0.15, -0.1) is 0 Å². The average molecular weight is 234 g/mol. The van der Waals surface area contributed by atoms with Crippen LogP contribution in [0.4, 0.5) is 16.2 Å². The van der Waals surface area contributed by atoms with Crippen LogP contribution in [-0.4, -0.2) is 9.97 Å².